The molecule has 32 heavy (non-hydrogen) atoms. The van der Waals surface area contributed by atoms with Crippen molar-refractivity contribution in [2.24, 2.45) is 0 Å². The zero-order valence-electron chi connectivity index (χ0n) is 17.7. The van der Waals surface area contributed by atoms with E-state index in [4.69, 9.17) is 26.0 Å². The summed E-state index contributed by atoms with van der Waals surface area (Å²) < 4.78 is 8.17. The smallest absolute Gasteiger partial charge is 0.226 e. The van der Waals surface area contributed by atoms with Crippen molar-refractivity contribution in [2.75, 3.05) is 0 Å². The SMILES string of the molecule is Cc1cccc(-c2nc(Cn3c(SCc4cccc(Cl)c4)nc4ccncc43)c(C)o2)c1. The zero-order valence-corrected chi connectivity index (χ0v) is 19.3. The van der Waals surface area contributed by atoms with Gasteiger partial charge >= 0.3 is 0 Å². The molecule has 0 radical (unpaired) electrons. The van der Waals surface area contributed by atoms with Gasteiger partial charge in [0.05, 0.1) is 23.8 Å². The number of aryl methyl sites for hydroxylation is 2. The largest absolute Gasteiger partial charge is 0.441 e. The maximum absolute atomic E-state index is 6.15. The van der Waals surface area contributed by atoms with E-state index < -0.39 is 0 Å². The van der Waals surface area contributed by atoms with Gasteiger partial charge in [0.25, 0.3) is 0 Å². The number of thioether (sulfide) groups is 1. The van der Waals surface area contributed by atoms with E-state index in [0.29, 0.717) is 12.4 Å². The van der Waals surface area contributed by atoms with Crippen LogP contribution >= 0.6 is 23.4 Å². The second-order valence-electron chi connectivity index (χ2n) is 7.65. The van der Waals surface area contributed by atoms with Crippen LogP contribution in [0, 0.1) is 13.8 Å². The van der Waals surface area contributed by atoms with Gasteiger partial charge in [0.15, 0.2) is 5.16 Å². The van der Waals surface area contributed by atoms with Crippen molar-refractivity contribution < 1.29 is 4.42 Å². The van der Waals surface area contributed by atoms with Gasteiger partial charge < -0.3 is 8.98 Å². The highest BCUT2D eigenvalue weighted by Gasteiger charge is 2.17. The first-order valence-electron chi connectivity index (χ1n) is 10.3. The van der Waals surface area contributed by atoms with Gasteiger partial charge in [-0.25, -0.2) is 9.97 Å². The summed E-state index contributed by atoms with van der Waals surface area (Å²) in [6, 6.07) is 18.0. The lowest BCUT2D eigenvalue weighted by molar-refractivity contribution is 0.537. The summed E-state index contributed by atoms with van der Waals surface area (Å²) >= 11 is 7.82. The van der Waals surface area contributed by atoms with E-state index >= 15 is 0 Å². The van der Waals surface area contributed by atoms with E-state index in [1.165, 1.54) is 5.56 Å². The van der Waals surface area contributed by atoms with Gasteiger partial charge in [-0.1, -0.05) is 53.2 Å². The molecule has 0 saturated heterocycles. The molecule has 5 nitrogen and oxygen atoms in total. The molecular formula is C25H21ClN4OS. The van der Waals surface area contributed by atoms with E-state index in [0.717, 1.165) is 49.5 Å². The standard InChI is InChI=1S/C25H21ClN4OS/c1-16-5-3-7-19(11-16)24-28-22(17(2)31-24)14-30-23-13-27-10-9-21(23)29-25(30)32-15-18-6-4-8-20(26)12-18/h3-13H,14-15H2,1-2H3. The van der Waals surface area contributed by atoms with E-state index in [1.54, 1.807) is 18.0 Å². The normalized spacial score (nSPS) is 11.3. The van der Waals surface area contributed by atoms with Crippen molar-refractivity contribution in [3.8, 4) is 11.5 Å². The summed E-state index contributed by atoms with van der Waals surface area (Å²) in [4.78, 5) is 14.0. The van der Waals surface area contributed by atoms with E-state index in [1.807, 2.05) is 49.5 Å². The average Bonchev–Trinajstić information content (AvgIpc) is 3.33. The number of fused-ring (bicyclic) bond motifs is 1. The van der Waals surface area contributed by atoms with Crippen molar-refractivity contribution in [3.05, 3.63) is 94.6 Å². The molecule has 0 fully saturated rings. The number of halogens is 1. The minimum Gasteiger partial charge on any atom is -0.441 e. The van der Waals surface area contributed by atoms with Crippen molar-refractivity contribution in [3.63, 3.8) is 0 Å². The summed E-state index contributed by atoms with van der Waals surface area (Å²) in [7, 11) is 0. The molecule has 0 unspecified atom stereocenters. The number of rotatable bonds is 6. The predicted octanol–water partition coefficient (Wildman–Crippen LogP) is 6.70. The fourth-order valence-electron chi connectivity index (χ4n) is 3.61. The van der Waals surface area contributed by atoms with E-state index in [9.17, 15) is 0 Å². The monoisotopic (exact) mass is 460 g/mol. The lowest BCUT2D eigenvalue weighted by Crippen LogP contribution is -2.03. The van der Waals surface area contributed by atoms with Gasteiger partial charge in [0, 0.05) is 22.5 Å². The molecule has 0 aliphatic heterocycles. The molecule has 0 aliphatic carbocycles. The quantitative estimate of drug-likeness (QED) is 0.264. The van der Waals surface area contributed by atoms with E-state index in [-0.39, 0.29) is 0 Å². The van der Waals surface area contributed by atoms with Crippen LogP contribution in [0.1, 0.15) is 22.6 Å². The number of nitrogens with zero attached hydrogens (tertiary/aromatic N) is 4. The summed E-state index contributed by atoms with van der Waals surface area (Å²) in [5.74, 6) is 2.21. The molecule has 0 aliphatic rings. The van der Waals surface area contributed by atoms with Gasteiger partial charge in [0.2, 0.25) is 5.89 Å². The van der Waals surface area contributed by atoms with Crippen molar-refractivity contribution in [1.29, 1.82) is 0 Å². The summed E-state index contributed by atoms with van der Waals surface area (Å²) in [5, 5.41) is 1.65. The van der Waals surface area contributed by atoms with Crippen LogP contribution in [0.5, 0.6) is 0 Å². The molecule has 7 heteroatoms. The van der Waals surface area contributed by atoms with Crippen molar-refractivity contribution in [1.82, 2.24) is 19.5 Å². The highest BCUT2D eigenvalue weighted by molar-refractivity contribution is 7.98. The molecule has 0 saturated carbocycles. The fraction of sp³-hybridized carbons (Fsp3) is 0.160. The van der Waals surface area contributed by atoms with Gasteiger partial charge in [0.1, 0.15) is 11.5 Å². The predicted molar refractivity (Wildman–Crippen MR) is 129 cm³/mol. The Bertz CT molecular complexity index is 1410. The van der Waals surface area contributed by atoms with Crippen LogP contribution in [0.15, 0.2) is 76.6 Å². The first-order chi connectivity index (χ1) is 15.6. The first-order valence-corrected chi connectivity index (χ1v) is 11.6. The van der Waals surface area contributed by atoms with Gasteiger partial charge in [-0.05, 0) is 49.7 Å². The Labute approximate surface area is 195 Å². The number of aromatic nitrogens is 4. The Hall–Kier alpha value is -3.09. The first kappa shape index (κ1) is 20.8. The topological polar surface area (TPSA) is 56.7 Å². The third kappa shape index (κ3) is 4.29. The van der Waals surface area contributed by atoms with Gasteiger partial charge in [-0.3, -0.25) is 4.98 Å². The Morgan fingerprint density at radius 1 is 1.03 bits per heavy atom. The second kappa shape index (κ2) is 8.81. The van der Waals surface area contributed by atoms with Crippen LogP contribution in [0.25, 0.3) is 22.5 Å². The molecule has 2 aromatic carbocycles. The molecule has 3 heterocycles. The number of benzene rings is 2. The highest BCUT2D eigenvalue weighted by atomic mass is 35.5. The number of imidazole rings is 1. The molecule has 5 rings (SSSR count). The Morgan fingerprint density at radius 2 is 1.91 bits per heavy atom. The molecule has 5 aromatic rings. The van der Waals surface area contributed by atoms with Gasteiger partial charge in [-0.15, -0.1) is 0 Å². The minimum absolute atomic E-state index is 0.557. The minimum atomic E-state index is 0.557. The fourth-order valence-corrected chi connectivity index (χ4v) is 4.78. The molecule has 0 N–H and O–H groups in total. The molecular weight excluding hydrogens is 440 g/mol. The number of pyridine rings is 1. The lowest BCUT2D eigenvalue weighted by atomic mass is 10.1. The molecule has 0 spiro atoms. The maximum atomic E-state index is 6.15. The molecule has 0 bridgehead atoms. The maximum Gasteiger partial charge on any atom is 0.226 e. The average molecular weight is 461 g/mol. The number of hydrogen-bond donors (Lipinski definition) is 0. The number of oxazole rings is 1. The van der Waals surface area contributed by atoms with Crippen molar-refractivity contribution >= 4 is 34.4 Å². The lowest BCUT2D eigenvalue weighted by Gasteiger charge is -2.08. The molecule has 160 valence electrons. The third-order valence-electron chi connectivity index (χ3n) is 5.24. The third-order valence-corrected chi connectivity index (χ3v) is 6.52. The Morgan fingerprint density at radius 3 is 2.75 bits per heavy atom. The number of hydrogen-bond acceptors (Lipinski definition) is 5. The van der Waals surface area contributed by atoms with Crippen LogP contribution < -0.4 is 0 Å². The van der Waals surface area contributed by atoms with Gasteiger partial charge in [-0.2, -0.15) is 0 Å². The van der Waals surface area contributed by atoms with Crippen LogP contribution in [-0.4, -0.2) is 19.5 Å². The Balaban J connectivity index is 1.48. The molecule has 3 aromatic heterocycles. The highest BCUT2D eigenvalue weighted by Crippen LogP contribution is 2.29. The van der Waals surface area contributed by atoms with Crippen LogP contribution in [0.3, 0.4) is 0 Å². The summed E-state index contributed by atoms with van der Waals surface area (Å²) in [6.07, 6.45) is 3.62. The molecule has 0 amide bonds. The second-order valence-corrected chi connectivity index (χ2v) is 9.03. The van der Waals surface area contributed by atoms with Crippen LogP contribution in [0.4, 0.5) is 0 Å². The zero-order chi connectivity index (χ0) is 22.1. The van der Waals surface area contributed by atoms with Crippen LogP contribution in [0.2, 0.25) is 5.02 Å². The Kier molecular flexibility index (Phi) is 5.72. The summed E-state index contributed by atoms with van der Waals surface area (Å²) in [5.41, 5.74) is 6.07. The molecule has 0 atom stereocenters. The summed E-state index contributed by atoms with van der Waals surface area (Å²) in [6.45, 7) is 4.58. The van der Waals surface area contributed by atoms with Crippen LogP contribution in [-0.2, 0) is 12.3 Å². The van der Waals surface area contributed by atoms with Crippen molar-refractivity contribution in [2.45, 2.75) is 31.3 Å². The van der Waals surface area contributed by atoms with E-state index in [2.05, 4.69) is 34.7 Å².